The minimum atomic E-state index is -2.97. The summed E-state index contributed by atoms with van der Waals surface area (Å²) in [4.78, 5) is 28.2. The number of hydrogen-bond acceptors (Lipinski definition) is 7. The van der Waals surface area contributed by atoms with Crippen LogP contribution in [0.5, 0.6) is 0 Å². The zero-order chi connectivity index (χ0) is 18.0. The summed E-state index contributed by atoms with van der Waals surface area (Å²) in [5.41, 5.74) is 0.246. The van der Waals surface area contributed by atoms with Gasteiger partial charge in [-0.1, -0.05) is 0 Å². The Morgan fingerprint density at radius 3 is 2.48 bits per heavy atom. The summed E-state index contributed by atoms with van der Waals surface area (Å²) in [6.45, 7) is 1.97. The highest BCUT2D eigenvalue weighted by atomic mass is 32.2. The molecule has 3 heterocycles. The van der Waals surface area contributed by atoms with Crippen LogP contribution in [0.2, 0.25) is 0 Å². The molecule has 1 unspecified atom stereocenters. The number of sulfone groups is 1. The summed E-state index contributed by atoms with van der Waals surface area (Å²) in [6.07, 6.45) is 1.36. The number of hydrogen-bond donors (Lipinski definition) is 0. The van der Waals surface area contributed by atoms with E-state index in [4.69, 9.17) is 0 Å². The first-order chi connectivity index (χ1) is 11.9. The van der Waals surface area contributed by atoms with Gasteiger partial charge in [-0.2, -0.15) is 0 Å². The Bertz CT molecular complexity index is 744. The molecule has 2 fully saturated rings. The van der Waals surface area contributed by atoms with Crippen LogP contribution in [0.15, 0.2) is 12.1 Å². The molecule has 0 bridgehead atoms. The molecule has 1 aromatic heterocycles. The number of carbonyl (C=O) groups excluding carboxylic acids is 2. The van der Waals surface area contributed by atoms with Crippen LogP contribution >= 0.6 is 0 Å². The molecule has 2 aliphatic rings. The molecule has 0 saturated carbocycles. The summed E-state index contributed by atoms with van der Waals surface area (Å²) >= 11 is 0. The quantitative estimate of drug-likeness (QED) is 0.630. The van der Waals surface area contributed by atoms with Crippen molar-refractivity contribution in [3.05, 3.63) is 17.8 Å². The number of nitrogens with zero attached hydrogens (tertiary/aromatic N) is 5. The maximum atomic E-state index is 12.4. The van der Waals surface area contributed by atoms with Crippen molar-refractivity contribution < 1.29 is 18.0 Å². The molecule has 0 N–H and O–H groups in total. The van der Waals surface area contributed by atoms with Gasteiger partial charge in [0.05, 0.1) is 11.5 Å². The predicted octanol–water partition coefficient (Wildman–Crippen LogP) is -0.986. The Balaban J connectivity index is 1.64. The monoisotopic (exact) mass is 367 g/mol. The van der Waals surface area contributed by atoms with E-state index in [1.165, 1.54) is 0 Å². The Morgan fingerprint density at radius 2 is 1.96 bits per heavy atom. The van der Waals surface area contributed by atoms with Gasteiger partial charge in [-0.3, -0.25) is 9.59 Å². The second-order valence-electron chi connectivity index (χ2n) is 6.38. The molecule has 10 heteroatoms. The molecule has 3 rings (SSSR count). The van der Waals surface area contributed by atoms with Crippen molar-refractivity contribution in [3.63, 3.8) is 0 Å². The molecule has 0 radical (unpaired) electrons. The molecule has 0 spiro atoms. The van der Waals surface area contributed by atoms with Gasteiger partial charge in [0.2, 0.25) is 6.41 Å². The highest BCUT2D eigenvalue weighted by molar-refractivity contribution is 7.91. The molecule has 2 amide bonds. The molecule has 2 aliphatic heterocycles. The van der Waals surface area contributed by atoms with Crippen molar-refractivity contribution in [1.82, 2.24) is 20.0 Å². The summed E-state index contributed by atoms with van der Waals surface area (Å²) < 4.78 is 23.2. The Kier molecular flexibility index (Phi) is 4.89. The van der Waals surface area contributed by atoms with E-state index in [2.05, 4.69) is 10.2 Å². The lowest BCUT2D eigenvalue weighted by Crippen LogP contribution is -2.48. The lowest BCUT2D eigenvalue weighted by molar-refractivity contribution is -0.119. The van der Waals surface area contributed by atoms with E-state index in [1.807, 2.05) is 0 Å². The van der Waals surface area contributed by atoms with E-state index in [1.54, 1.807) is 33.9 Å². The van der Waals surface area contributed by atoms with Crippen molar-refractivity contribution in [3.8, 4) is 0 Å². The predicted molar refractivity (Wildman–Crippen MR) is 91.0 cm³/mol. The number of anilines is 1. The van der Waals surface area contributed by atoms with Crippen molar-refractivity contribution in [2.24, 2.45) is 0 Å². The topological polar surface area (TPSA) is 104 Å². The summed E-state index contributed by atoms with van der Waals surface area (Å²) in [5, 5.41) is 8.09. The van der Waals surface area contributed by atoms with Crippen LogP contribution in [0.1, 0.15) is 16.9 Å². The largest absolute Gasteiger partial charge is 0.354 e. The Hall–Kier alpha value is -2.23. The number of aromatic nitrogens is 2. The van der Waals surface area contributed by atoms with Gasteiger partial charge in [0, 0.05) is 39.3 Å². The Morgan fingerprint density at radius 1 is 1.24 bits per heavy atom. The molecule has 2 saturated heterocycles. The van der Waals surface area contributed by atoms with Crippen LogP contribution < -0.4 is 4.90 Å². The normalized spacial score (nSPS) is 22.7. The molecule has 1 aromatic rings. The lowest BCUT2D eigenvalue weighted by atomic mass is 10.2. The van der Waals surface area contributed by atoms with Gasteiger partial charge in [-0.05, 0) is 18.6 Å². The van der Waals surface area contributed by atoms with Crippen LogP contribution in [0.4, 0.5) is 5.82 Å². The minimum Gasteiger partial charge on any atom is -0.354 e. The highest BCUT2D eigenvalue weighted by Gasteiger charge is 2.31. The van der Waals surface area contributed by atoms with Crippen molar-refractivity contribution in [2.75, 3.05) is 49.6 Å². The highest BCUT2D eigenvalue weighted by Crippen LogP contribution is 2.21. The molecule has 1 atom stereocenters. The summed E-state index contributed by atoms with van der Waals surface area (Å²) in [5.74, 6) is 0.645. The second kappa shape index (κ2) is 6.95. The lowest BCUT2D eigenvalue weighted by Gasteiger charge is -2.32. The van der Waals surface area contributed by atoms with Crippen LogP contribution in [-0.2, 0) is 14.6 Å². The van der Waals surface area contributed by atoms with Crippen molar-refractivity contribution in [2.45, 2.75) is 12.5 Å². The van der Waals surface area contributed by atoms with Gasteiger partial charge in [-0.15, -0.1) is 10.2 Å². The maximum Gasteiger partial charge on any atom is 0.274 e. The first kappa shape index (κ1) is 17.6. The molecular formula is C15H21N5O4S. The third kappa shape index (κ3) is 3.89. The van der Waals surface area contributed by atoms with Gasteiger partial charge in [0.15, 0.2) is 21.3 Å². The smallest absolute Gasteiger partial charge is 0.274 e. The zero-order valence-electron chi connectivity index (χ0n) is 14.0. The third-order valence-corrected chi connectivity index (χ3v) is 6.49. The van der Waals surface area contributed by atoms with E-state index in [-0.39, 0.29) is 29.1 Å². The number of rotatable bonds is 4. The van der Waals surface area contributed by atoms with Crippen LogP contribution in [0, 0.1) is 0 Å². The molecule has 25 heavy (non-hydrogen) atoms. The first-order valence-corrected chi connectivity index (χ1v) is 9.97. The van der Waals surface area contributed by atoms with Gasteiger partial charge in [0.1, 0.15) is 0 Å². The van der Waals surface area contributed by atoms with Gasteiger partial charge < -0.3 is 14.7 Å². The van der Waals surface area contributed by atoms with E-state index >= 15 is 0 Å². The average Bonchev–Trinajstić information content (AvgIpc) is 3.00. The van der Waals surface area contributed by atoms with Gasteiger partial charge in [0.25, 0.3) is 5.91 Å². The van der Waals surface area contributed by atoms with Gasteiger partial charge >= 0.3 is 0 Å². The second-order valence-corrected chi connectivity index (χ2v) is 8.61. The number of carbonyl (C=O) groups is 2. The van der Waals surface area contributed by atoms with Crippen molar-refractivity contribution in [1.29, 1.82) is 0 Å². The fourth-order valence-corrected chi connectivity index (χ4v) is 4.86. The van der Waals surface area contributed by atoms with Crippen LogP contribution in [0.25, 0.3) is 0 Å². The molecule has 0 aliphatic carbocycles. The fourth-order valence-electron chi connectivity index (χ4n) is 3.09. The zero-order valence-corrected chi connectivity index (χ0v) is 14.9. The van der Waals surface area contributed by atoms with E-state index in [0.717, 1.165) is 6.41 Å². The maximum absolute atomic E-state index is 12.4. The number of piperazine rings is 1. The Labute approximate surface area is 146 Å². The van der Waals surface area contributed by atoms with Crippen LogP contribution in [-0.4, -0.2) is 91.5 Å². The van der Waals surface area contributed by atoms with E-state index in [0.29, 0.717) is 38.4 Å². The molecule has 136 valence electrons. The number of amides is 2. The molecule has 0 aromatic carbocycles. The van der Waals surface area contributed by atoms with Crippen LogP contribution in [0.3, 0.4) is 0 Å². The standard InChI is InChI=1S/C15H21N5O4S/c1-18(12-4-9-25(23,24)10-12)14-3-2-13(16-17-14)15(22)20-7-5-19(11-21)6-8-20/h2-3,11-12H,4-10H2,1H3. The van der Waals surface area contributed by atoms with Gasteiger partial charge in [-0.25, -0.2) is 8.42 Å². The summed E-state index contributed by atoms with van der Waals surface area (Å²) in [7, 11) is -1.18. The SMILES string of the molecule is CN(c1ccc(C(=O)N2CCN(C=O)CC2)nn1)C1CCS(=O)(=O)C1. The van der Waals surface area contributed by atoms with Crippen molar-refractivity contribution >= 4 is 28.0 Å². The molecule has 9 nitrogen and oxygen atoms in total. The minimum absolute atomic E-state index is 0.114. The van der Waals surface area contributed by atoms with E-state index in [9.17, 15) is 18.0 Å². The first-order valence-electron chi connectivity index (χ1n) is 8.15. The average molecular weight is 367 g/mol. The molecular weight excluding hydrogens is 346 g/mol. The summed E-state index contributed by atoms with van der Waals surface area (Å²) in [6, 6.07) is 3.18. The van der Waals surface area contributed by atoms with E-state index < -0.39 is 9.84 Å². The third-order valence-electron chi connectivity index (χ3n) is 4.74. The fraction of sp³-hybridized carbons (Fsp3) is 0.600.